The third-order valence-corrected chi connectivity index (χ3v) is 9.27. The van der Waals surface area contributed by atoms with Gasteiger partial charge in [0.25, 0.3) is 5.91 Å². The van der Waals surface area contributed by atoms with E-state index >= 15 is 0 Å². The van der Waals surface area contributed by atoms with Crippen LogP contribution in [0.3, 0.4) is 0 Å². The molecule has 0 aromatic carbocycles. The van der Waals surface area contributed by atoms with Crippen molar-refractivity contribution in [2.75, 3.05) is 29.9 Å². The zero-order chi connectivity index (χ0) is 29.5. The number of anilines is 2. The maximum atomic E-state index is 13.5. The van der Waals surface area contributed by atoms with Crippen molar-refractivity contribution in [1.29, 1.82) is 0 Å². The van der Waals surface area contributed by atoms with E-state index in [1.165, 1.54) is 16.6 Å². The fourth-order valence-electron chi connectivity index (χ4n) is 5.93. The second-order valence-electron chi connectivity index (χ2n) is 12.0. The number of aromatic nitrogens is 4. The Balaban J connectivity index is 1.25. The van der Waals surface area contributed by atoms with Crippen molar-refractivity contribution in [2.24, 2.45) is 11.3 Å². The molecule has 1 atom stereocenters. The molecule has 9 nitrogen and oxygen atoms in total. The normalized spacial score (nSPS) is 21.4. The van der Waals surface area contributed by atoms with Crippen LogP contribution in [0.5, 0.6) is 5.88 Å². The number of halogens is 3. The lowest BCUT2D eigenvalue weighted by Crippen LogP contribution is -2.40. The SMILES string of the molecule is CC1(C)CC2CCCNc3cc(ccn3)SNC(=O)c3ccc(-n4ccc(OCCC5(C(F)(F)F)CC5)n4)nc3N1C2. The molecule has 6 rings (SSSR count). The highest BCUT2D eigenvalue weighted by atomic mass is 32.2. The average molecular weight is 602 g/mol. The van der Waals surface area contributed by atoms with Crippen LogP contribution in [0.1, 0.15) is 62.7 Å². The number of carbonyl (C=O) groups excluding carboxylic acids is 1. The standard InChI is InChI=1S/C29H34F3N7O2S/c1-27(2)17-19-4-3-12-33-22-16-20(7-13-34-22)42-37-26(40)21-5-6-23(35-25(21)38(27)18-19)39-14-8-24(36-39)41-15-11-28(9-10-28)29(30,31)32/h5-8,13-14,16,19H,3-4,9-12,15,17-18H2,1-2H3,(H,33,34)(H,37,40). The maximum absolute atomic E-state index is 13.5. The van der Waals surface area contributed by atoms with Crippen molar-refractivity contribution in [3.63, 3.8) is 0 Å². The molecule has 13 heteroatoms. The number of ether oxygens (including phenoxy) is 1. The number of hydrogen-bond donors (Lipinski definition) is 2. The van der Waals surface area contributed by atoms with Gasteiger partial charge in [0.05, 0.1) is 17.6 Å². The first-order valence-corrected chi connectivity index (χ1v) is 15.1. The Morgan fingerprint density at radius 1 is 1.19 bits per heavy atom. The van der Waals surface area contributed by atoms with Crippen molar-refractivity contribution in [1.82, 2.24) is 24.5 Å². The molecule has 1 aliphatic carbocycles. The van der Waals surface area contributed by atoms with E-state index in [0.29, 0.717) is 23.1 Å². The van der Waals surface area contributed by atoms with Crippen LogP contribution in [0.2, 0.25) is 0 Å². The van der Waals surface area contributed by atoms with Crippen LogP contribution < -0.4 is 19.7 Å². The summed E-state index contributed by atoms with van der Waals surface area (Å²) in [7, 11) is 0. The van der Waals surface area contributed by atoms with Gasteiger partial charge in [-0.05, 0) is 94.5 Å². The summed E-state index contributed by atoms with van der Waals surface area (Å²) in [5, 5.41) is 7.80. The van der Waals surface area contributed by atoms with Gasteiger partial charge in [0.1, 0.15) is 11.6 Å². The fraction of sp³-hybridized carbons (Fsp3) is 0.517. The molecule has 2 N–H and O–H groups in total. The van der Waals surface area contributed by atoms with Gasteiger partial charge in [-0.15, -0.1) is 5.10 Å². The summed E-state index contributed by atoms with van der Waals surface area (Å²) in [6.45, 7) is 5.84. The van der Waals surface area contributed by atoms with Gasteiger partial charge in [-0.25, -0.2) is 14.6 Å². The number of rotatable bonds is 5. The largest absolute Gasteiger partial charge is 0.477 e. The molecule has 0 spiro atoms. The fourth-order valence-corrected chi connectivity index (χ4v) is 6.55. The van der Waals surface area contributed by atoms with Gasteiger partial charge < -0.3 is 15.0 Å². The van der Waals surface area contributed by atoms with E-state index in [0.717, 1.165) is 43.1 Å². The number of amides is 1. The molecule has 4 bridgehead atoms. The molecule has 5 heterocycles. The molecule has 0 radical (unpaired) electrons. The second-order valence-corrected chi connectivity index (χ2v) is 12.9. The molecule has 1 amide bonds. The molecule has 224 valence electrons. The molecule has 2 aliphatic heterocycles. The Bertz CT molecular complexity index is 1460. The number of pyridine rings is 2. The van der Waals surface area contributed by atoms with Crippen LogP contribution in [0.15, 0.2) is 47.6 Å². The summed E-state index contributed by atoms with van der Waals surface area (Å²) in [6.07, 6.45) is 2.35. The molecule has 1 unspecified atom stereocenters. The van der Waals surface area contributed by atoms with Crippen molar-refractivity contribution in [2.45, 2.75) is 69.0 Å². The maximum Gasteiger partial charge on any atom is 0.394 e. The van der Waals surface area contributed by atoms with E-state index in [4.69, 9.17) is 9.72 Å². The number of carbonyl (C=O) groups is 1. The third kappa shape index (κ3) is 5.88. The quantitative estimate of drug-likeness (QED) is 0.343. The first-order chi connectivity index (χ1) is 20.0. The molecule has 3 aromatic heterocycles. The summed E-state index contributed by atoms with van der Waals surface area (Å²) in [5.41, 5.74) is -1.40. The molecule has 3 aliphatic rings. The Morgan fingerprint density at radius 3 is 2.81 bits per heavy atom. The highest BCUT2D eigenvalue weighted by Crippen LogP contribution is 2.59. The van der Waals surface area contributed by atoms with E-state index < -0.39 is 11.6 Å². The molecule has 1 saturated heterocycles. The molecule has 1 saturated carbocycles. The first-order valence-electron chi connectivity index (χ1n) is 14.2. The topological polar surface area (TPSA) is 97.2 Å². The van der Waals surface area contributed by atoms with Gasteiger partial charge in [-0.1, -0.05) is 0 Å². The molecule has 3 aromatic rings. The van der Waals surface area contributed by atoms with Crippen LogP contribution in [-0.2, 0) is 0 Å². The zero-order valence-corrected chi connectivity index (χ0v) is 24.4. The lowest BCUT2D eigenvalue weighted by Gasteiger charge is -2.34. The number of hydrogen-bond acceptors (Lipinski definition) is 8. The second kappa shape index (κ2) is 11.0. The summed E-state index contributed by atoms with van der Waals surface area (Å²) >= 11 is 1.22. The molecular weight excluding hydrogens is 567 g/mol. The van der Waals surface area contributed by atoms with Gasteiger partial charge in [0, 0.05) is 42.0 Å². The van der Waals surface area contributed by atoms with E-state index in [1.54, 1.807) is 30.6 Å². The Kier molecular flexibility index (Phi) is 7.48. The minimum Gasteiger partial charge on any atom is -0.477 e. The lowest BCUT2D eigenvalue weighted by molar-refractivity contribution is -0.190. The van der Waals surface area contributed by atoms with Crippen molar-refractivity contribution >= 4 is 29.5 Å². The minimum atomic E-state index is -4.21. The highest BCUT2D eigenvalue weighted by Gasteiger charge is 2.62. The zero-order valence-electron chi connectivity index (χ0n) is 23.6. The number of fused-ring (bicyclic) bond motifs is 6. The van der Waals surface area contributed by atoms with Crippen molar-refractivity contribution < 1.29 is 22.7 Å². The van der Waals surface area contributed by atoms with E-state index in [1.807, 2.05) is 12.1 Å². The summed E-state index contributed by atoms with van der Waals surface area (Å²) in [5.74, 6) is 2.22. The summed E-state index contributed by atoms with van der Waals surface area (Å²) in [6, 6.07) is 8.83. The van der Waals surface area contributed by atoms with Crippen LogP contribution in [0, 0.1) is 11.3 Å². The van der Waals surface area contributed by atoms with Gasteiger partial charge in [-0.3, -0.25) is 9.52 Å². The Hall–Kier alpha value is -3.48. The van der Waals surface area contributed by atoms with Gasteiger partial charge >= 0.3 is 6.18 Å². The summed E-state index contributed by atoms with van der Waals surface area (Å²) in [4.78, 5) is 25.9. The monoisotopic (exact) mass is 601 g/mol. The van der Waals surface area contributed by atoms with E-state index in [2.05, 4.69) is 38.9 Å². The number of nitrogens with zero attached hydrogens (tertiary/aromatic N) is 5. The molecular formula is C29H34F3N7O2S. The Labute approximate surface area is 246 Å². The highest BCUT2D eigenvalue weighted by molar-refractivity contribution is 7.98. The van der Waals surface area contributed by atoms with Crippen molar-refractivity contribution in [3.05, 3.63) is 48.3 Å². The van der Waals surface area contributed by atoms with Crippen LogP contribution in [-0.4, -0.2) is 57.1 Å². The number of alkyl halides is 3. The van der Waals surface area contributed by atoms with Gasteiger partial charge in [-0.2, -0.15) is 13.2 Å². The van der Waals surface area contributed by atoms with E-state index in [-0.39, 0.29) is 43.2 Å². The smallest absolute Gasteiger partial charge is 0.394 e. The van der Waals surface area contributed by atoms with Crippen LogP contribution >= 0.6 is 11.9 Å². The van der Waals surface area contributed by atoms with Crippen LogP contribution in [0.4, 0.5) is 24.8 Å². The van der Waals surface area contributed by atoms with E-state index in [9.17, 15) is 18.0 Å². The average Bonchev–Trinajstić information content (AvgIpc) is 3.50. The molecule has 2 fully saturated rings. The minimum absolute atomic E-state index is 0.0657. The molecule has 42 heavy (non-hydrogen) atoms. The predicted octanol–water partition coefficient (Wildman–Crippen LogP) is 6.02. The van der Waals surface area contributed by atoms with Gasteiger partial charge in [0.15, 0.2) is 5.82 Å². The number of nitrogens with one attached hydrogen (secondary N) is 2. The van der Waals surface area contributed by atoms with Crippen molar-refractivity contribution in [3.8, 4) is 11.7 Å². The van der Waals surface area contributed by atoms with Gasteiger partial charge in [0.2, 0.25) is 5.88 Å². The summed E-state index contributed by atoms with van der Waals surface area (Å²) < 4.78 is 49.8. The lowest BCUT2D eigenvalue weighted by atomic mass is 9.93. The predicted molar refractivity (Wildman–Crippen MR) is 154 cm³/mol. The third-order valence-electron chi connectivity index (χ3n) is 8.49. The first kappa shape index (κ1) is 28.6. The van der Waals surface area contributed by atoms with Crippen LogP contribution in [0.25, 0.3) is 5.82 Å². The Morgan fingerprint density at radius 2 is 2.02 bits per heavy atom.